The van der Waals surface area contributed by atoms with Gasteiger partial charge in [0.1, 0.15) is 10.5 Å². The van der Waals surface area contributed by atoms with Crippen LogP contribution in [0.15, 0.2) is 28.2 Å². The highest BCUT2D eigenvalue weighted by Gasteiger charge is 2.22. The SMILES string of the molecule is CC(C)n1c(SCC(=O)Nc2ccc(Cl)cc2F)nc2nc(N3CCCC3)sc2c1=O. The lowest BCUT2D eigenvalue weighted by atomic mass is 10.3. The number of carbonyl (C=O) groups is 1. The Hall–Kier alpha value is -2.17. The molecule has 0 radical (unpaired) electrons. The maximum atomic E-state index is 13.9. The van der Waals surface area contributed by atoms with Crippen LogP contribution in [-0.2, 0) is 4.79 Å². The molecule has 4 rings (SSSR count). The van der Waals surface area contributed by atoms with Gasteiger partial charge < -0.3 is 10.2 Å². The lowest BCUT2D eigenvalue weighted by Crippen LogP contribution is -2.25. The second kappa shape index (κ2) is 9.13. The van der Waals surface area contributed by atoms with Gasteiger partial charge in [-0.1, -0.05) is 34.7 Å². The lowest BCUT2D eigenvalue weighted by Gasteiger charge is -2.14. The van der Waals surface area contributed by atoms with Crippen LogP contribution in [-0.4, -0.2) is 39.3 Å². The number of fused-ring (bicyclic) bond motifs is 1. The number of carbonyl (C=O) groups excluding carboxylic acids is 1. The first-order valence-corrected chi connectivity index (χ1v) is 12.1. The van der Waals surface area contributed by atoms with Crippen molar-refractivity contribution in [1.29, 1.82) is 0 Å². The number of nitrogens with one attached hydrogen (secondary N) is 1. The summed E-state index contributed by atoms with van der Waals surface area (Å²) in [5, 5.41) is 4.00. The van der Waals surface area contributed by atoms with Crippen LogP contribution in [0, 0.1) is 5.82 Å². The number of nitrogens with zero attached hydrogens (tertiary/aromatic N) is 4. The van der Waals surface area contributed by atoms with Crippen molar-refractivity contribution < 1.29 is 9.18 Å². The maximum Gasteiger partial charge on any atom is 0.274 e. The van der Waals surface area contributed by atoms with E-state index in [0.29, 0.717) is 15.5 Å². The van der Waals surface area contributed by atoms with Crippen LogP contribution >= 0.6 is 34.7 Å². The molecule has 2 aromatic heterocycles. The molecule has 1 N–H and O–H groups in total. The molecule has 1 saturated heterocycles. The zero-order valence-electron chi connectivity index (χ0n) is 17.0. The average Bonchev–Trinajstić information content (AvgIpc) is 3.38. The van der Waals surface area contributed by atoms with Crippen LogP contribution in [0.5, 0.6) is 0 Å². The second-order valence-electron chi connectivity index (χ2n) is 7.47. The Kier molecular flexibility index (Phi) is 6.49. The summed E-state index contributed by atoms with van der Waals surface area (Å²) in [5.41, 5.74) is 0.296. The number of hydrogen-bond donors (Lipinski definition) is 1. The van der Waals surface area contributed by atoms with E-state index in [9.17, 15) is 14.0 Å². The number of aromatic nitrogens is 3. The number of thioether (sulfide) groups is 1. The van der Waals surface area contributed by atoms with Crippen LogP contribution in [0.3, 0.4) is 0 Å². The Bertz CT molecular complexity index is 1190. The van der Waals surface area contributed by atoms with Crippen LogP contribution in [0.25, 0.3) is 10.3 Å². The van der Waals surface area contributed by atoms with Crippen molar-refractivity contribution in [3.63, 3.8) is 0 Å². The molecule has 1 aromatic carbocycles. The number of hydrogen-bond acceptors (Lipinski definition) is 7. The van der Waals surface area contributed by atoms with E-state index in [4.69, 9.17) is 11.6 Å². The standard InChI is InChI=1S/C20H21ClFN5O2S2/c1-11(2)27-18(29)16-17(24-19(31-16)26-7-3-4-8-26)25-20(27)30-10-15(28)23-14-6-5-12(21)9-13(14)22/h5-6,9,11H,3-4,7-8,10H2,1-2H3,(H,23,28). The van der Waals surface area contributed by atoms with Crippen molar-refractivity contribution >= 4 is 61.8 Å². The van der Waals surface area contributed by atoms with Crippen molar-refractivity contribution in [3.05, 3.63) is 39.4 Å². The molecule has 1 fully saturated rings. The van der Waals surface area contributed by atoms with Gasteiger partial charge in [0, 0.05) is 24.2 Å². The summed E-state index contributed by atoms with van der Waals surface area (Å²) in [7, 11) is 0. The highest BCUT2D eigenvalue weighted by molar-refractivity contribution is 7.99. The number of amides is 1. The first-order valence-electron chi connectivity index (χ1n) is 9.89. The quantitative estimate of drug-likeness (QED) is 0.410. The fraction of sp³-hybridized carbons (Fsp3) is 0.400. The molecule has 0 bridgehead atoms. The summed E-state index contributed by atoms with van der Waals surface area (Å²) in [6.07, 6.45) is 2.23. The van der Waals surface area contributed by atoms with Gasteiger partial charge in [-0.15, -0.1) is 0 Å². The van der Waals surface area contributed by atoms with Gasteiger partial charge in [-0.25, -0.2) is 9.37 Å². The van der Waals surface area contributed by atoms with Gasteiger partial charge in [-0.2, -0.15) is 4.98 Å². The van der Waals surface area contributed by atoms with Crippen molar-refractivity contribution in [1.82, 2.24) is 14.5 Å². The fourth-order valence-electron chi connectivity index (χ4n) is 3.37. The summed E-state index contributed by atoms with van der Waals surface area (Å²) in [6.45, 7) is 5.65. The molecule has 0 aliphatic carbocycles. The third-order valence-corrected chi connectivity index (χ3v) is 7.13. The van der Waals surface area contributed by atoms with Crippen LogP contribution in [0.2, 0.25) is 5.02 Å². The Morgan fingerprint density at radius 3 is 2.74 bits per heavy atom. The van der Waals surface area contributed by atoms with Gasteiger partial charge in [0.05, 0.1) is 11.4 Å². The van der Waals surface area contributed by atoms with Crippen LogP contribution in [0.1, 0.15) is 32.7 Å². The third-order valence-electron chi connectivity index (χ3n) is 4.85. The third kappa shape index (κ3) is 4.70. The zero-order valence-corrected chi connectivity index (χ0v) is 19.4. The molecule has 0 atom stereocenters. The second-order valence-corrected chi connectivity index (χ2v) is 9.82. The largest absolute Gasteiger partial charge is 0.348 e. The monoisotopic (exact) mass is 481 g/mol. The molecule has 3 heterocycles. The molecule has 31 heavy (non-hydrogen) atoms. The molecule has 0 unspecified atom stereocenters. The number of thiazole rings is 1. The van der Waals surface area contributed by atoms with Crippen LogP contribution in [0.4, 0.5) is 15.2 Å². The molecule has 7 nitrogen and oxygen atoms in total. The van der Waals surface area contributed by atoms with Crippen molar-refractivity contribution in [2.75, 3.05) is 29.1 Å². The predicted octanol–water partition coefficient (Wildman–Crippen LogP) is 4.56. The Morgan fingerprint density at radius 2 is 2.06 bits per heavy atom. The van der Waals surface area contributed by atoms with E-state index in [2.05, 4.69) is 20.2 Å². The smallest absolute Gasteiger partial charge is 0.274 e. The van der Waals surface area contributed by atoms with Gasteiger partial charge in [0.15, 0.2) is 15.9 Å². The van der Waals surface area contributed by atoms with E-state index < -0.39 is 11.7 Å². The summed E-state index contributed by atoms with van der Waals surface area (Å²) in [5.74, 6) is -1.05. The summed E-state index contributed by atoms with van der Waals surface area (Å²) >= 11 is 8.23. The Balaban J connectivity index is 1.57. The van der Waals surface area contributed by atoms with E-state index in [0.717, 1.165) is 48.9 Å². The van der Waals surface area contributed by atoms with Gasteiger partial charge in [-0.3, -0.25) is 14.2 Å². The minimum Gasteiger partial charge on any atom is -0.348 e. The number of anilines is 2. The van der Waals surface area contributed by atoms with Crippen LogP contribution < -0.4 is 15.8 Å². The molecular formula is C20H21ClFN5O2S2. The van der Waals surface area contributed by atoms with Gasteiger partial charge >= 0.3 is 0 Å². The van der Waals surface area contributed by atoms with Crippen molar-refractivity contribution in [2.24, 2.45) is 0 Å². The molecule has 1 amide bonds. The van der Waals surface area contributed by atoms with Gasteiger partial charge in [-0.05, 0) is 44.9 Å². The predicted molar refractivity (Wildman–Crippen MR) is 124 cm³/mol. The molecule has 1 aliphatic heterocycles. The highest BCUT2D eigenvalue weighted by atomic mass is 35.5. The van der Waals surface area contributed by atoms with Crippen molar-refractivity contribution in [3.8, 4) is 0 Å². The molecule has 3 aromatic rings. The van der Waals surface area contributed by atoms with E-state index in [1.807, 2.05) is 13.8 Å². The average molecular weight is 482 g/mol. The normalized spacial score (nSPS) is 14.0. The summed E-state index contributed by atoms with van der Waals surface area (Å²) < 4.78 is 16.0. The van der Waals surface area contributed by atoms with E-state index in [1.165, 1.54) is 23.5 Å². The zero-order chi connectivity index (χ0) is 22.1. The first kappa shape index (κ1) is 22.0. The maximum absolute atomic E-state index is 13.9. The molecule has 0 spiro atoms. The summed E-state index contributed by atoms with van der Waals surface area (Å²) in [6, 6.07) is 3.90. The first-order chi connectivity index (χ1) is 14.8. The van der Waals surface area contributed by atoms with Gasteiger partial charge in [0.25, 0.3) is 5.56 Å². The Morgan fingerprint density at radius 1 is 1.32 bits per heavy atom. The topological polar surface area (TPSA) is 80.1 Å². The molecule has 11 heteroatoms. The van der Waals surface area contributed by atoms with Gasteiger partial charge in [0.2, 0.25) is 5.91 Å². The molecule has 164 valence electrons. The number of benzene rings is 1. The minimum absolute atomic E-state index is 0.0319. The molecular weight excluding hydrogens is 461 g/mol. The fourth-order valence-corrected chi connectivity index (χ4v) is 5.43. The van der Waals surface area contributed by atoms with Crippen molar-refractivity contribution in [2.45, 2.75) is 37.9 Å². The molecule has 1 aliphatic rings. The Labute approximate surface area is 191 Å². The minimum atomic E-state index is -0.610. The number of rotatable bonds is 6. The highest BCUT2D eigenvalue weighted by Crippen LogP contribution is 2.30. The summed E-state index contributed by atoms with van der Waals surface area (Å²) in [4.78, 5) is 36.8. The lowest BCUT2D eigenvalue weighted by molar-refractivity contribution is -0.113. The van der Waals surface area contributed by atoms with E-state index >= 15 is 0 Å². The molecule has 0 saturated carbocycles. The number of halogens is 2. The van der Waals surface area contributed by atoms with E-state index in [-0.39, 0.29) is 28.1 Å². The van der Waals surface area contributed by atoms with E-state index in [1.54, 1.807) is 4.57 Å².